The second kappa shape index (κ2) is 6.00. The molecule has 0 rings (SSSR count). The Bertz CT molecular complexity index is 134. The molecular formula is C9H19NO2. The van der Waals surface area contributed by atoms with E-state index in [1.54, 1.807) is 0 Å². The quantitative estimate of drug-likeness (QED) is 0.639. The molecule has 0 aromatic carbocycles. The molecular weight excluding hydrogens is 154 g/mol. The van der Waals surface area contributed by atoms with E-state index in [1.807, 2.05) is 0 Å². The van der Waals surface area contributed by atoms with Gasteiger partial charge in [-0.3, -0.25) is 4.79 Å². The van der Waals surface area contributed by atoms with E-state index in [1.165, 1.54) is 0 Å². The fourth-order valence-corrected chi connectivity index (χ4v) is 1.22. The molecule has 0 aliphatic rings. The average molecular weight is 173 g/mol. The second-order valence-electron chi connectivity index (χ2n) is 3.63. The summed E-state index contributed by atoms with van der Waals surface area (Å²) in [6.45, 7) is 6.98. The van der Waals surface area contributed by atoms with Crippen LogP contribution in [0, 0.1) is 5.92 Å². The molecule has 0 spiro atoms. The SMILES string of the molecule is CC(C)CC(C)NCCC(=O)O. The zero-order valence-corrected chi connectivity index (χ0v) is 8.13. The summed E-state index contributed by atoms with van der Waals surface area (Å²) in [4.78, 5) is 10.2. The predicted molar refractivity (Wildman–Crippen MR) is 49.2 cm³/mol. The molecule has 0 aromatic heterocycles. The van der Waals surface area contributed by atoms with E-state index < -0.39 is 5.97 Å². The minimum Gasteiger partial charge on any atom is -0.481 e. The lowest BCUT2D eigenvalue weighted by atomic mass is 10.1. The van der Waals surface area contributed by atoms with E-state index in [-0.39, 0.29) is 6.42 Å². The fourth-order valence-electron chi connectivity index (χ4n) is 1.22. The zero-order chi connectivity index (χ0) is 9.56. The summed E-state index contributed by atoms with van der Waals surface area (Å²) in [5.41, 5.74) is 0. The highest BCUT2D eigenvalue weighted by Crippen LogP contribution is 2.03. The molecule has 3 heteroatoms. The maximum atomic E-state index is 10.2. The molecule has 2 N–H and O–H groups in total. The number of carboxylic acid groups (broad SMARTS) is 1. The van der Waals surface area contributed by atoms with Gasteiger partial charge in [-0.1, -0.05) is 13.8 Å². The van der Waals surface area contributed by atoms with E-state index in [0.29, 0.717) is 18.5 Å². The van der Waals surface area contributed by atoms with Gasteiger partial charge >= 0.3 is 5.97 Å². The van der Waals surface area contributed by atoms with Crippen molar-refractivity contribution in [3.8, 4) is 0 Å². The molecule has 72 valence electrons. The smallest absolute Gasteiger partial charge is 0.304 e. The summed E-state index contributed by atoms with van der Waals surface area (Å²) in [5.74, 6) is -0.0726. The summed E-state index contributed by atoms with van der Waals surface area (Å²) in [7, 11) is 0. The van der Waals surface area contributed by atoms with Crippen LogP contribution in [0.1, 0.15) is 33.6 Å². The molecule has 0 bridgehead atoms. The van der Waals surface area contributed by atoms with Gasteiger partial charge in [0.05, 0.1) is 6.42 Å². The van der Waals surface area contributed by atoms with Gasteiger partial charge in [-0.15, -0.1) is 0 Å². The van der Waals surface area contributed by atoms with E-state index in [4.69, 9.17) is 5.11 Å². The van der Waals surface area contributed by atoms with E-state index in [0.717, 1.165) is 6.42 Å². The number of carbonyl (C=O) groups is 1. The maximum absolute atomic E-state index is 10.2. The van der Waals surface area contributed by atoms with Crippen LogP contribution in [0.25, 0.3) is 0 Å². The first-order valence-electron chi connectivity index (χ1n) is 4.47. The number of nitrogens with one attached hydrogen (secondary N) is 1. The van der Waals surface area contributed by atoms with Gasteiger partial charge in [0.25, 0.3) is 0 Å². The van der Waals surface area contributed by atoms with Gasteiger partial charge < -0.3 is 10.4 Å². The van der Waals surface area contributed by atoms with Crippen LogP contribution in [-0.4, -0.2) is 23.7 Å². The summed E-state index contributed by atoms with van der Waals surface area (Å²) in [5, 5.41) is 11.5. The lowest BCUT2D eigenvalue weighted by Crippen LogP contribution is -2.29. The van der Waals surface area contributed by atoms with Gasteiger partial charge in [0.1, 0.15) is 0 Å². The molecule has 1 atom stereocenters. The van der Waals surface area contributed by atoms with Gasteiger partial charge in [-0.2, -0.15) is 0 Å². The largest absolute Gasteiger partial charge is 0.481 e. The van der Waals surface area contributed by atoms with E-state index >= 15 is 0 Å². The summed E-state index contributed by atoms with van der Waals surface area (Å²) >= 11 is 0. The van der Waals surface area contributed by atoms with Crippen molar-refractivity contribution in [3.05, 3.63) is 0 Å². The molecule has 0 amide bonds. The van der Waals surface area contributed by atoms with Crippen molar-refractivity contribution in [1.82, 2.24) is 5.32 Å². The molecule has 12 heavy (non-hydrogen) atoms. The van der Waals surface area contributed by atoms with Crippen molar-refractivity contribution < 1.29 is 9.90 Å². The lowest BCUT2D eigenvalue weighted by Gasteiger charge is -2.14. The van der Waals surface area contributed by atoms with Crippen molar-refractivity contribution in [2.75, 3.05) is 6.54 Å². The monoisotopic (exact) mass is 173 g/mol. The second-order valence-corrected chi connectivity index (χ2v) is 3.63. The lowest BCUT2D eigenvalue weighted by molar-refractivity contribution is -0.136. The highest BCUT2D eigenvalue weighted by Gasteiger charge is 2.04. The summed E-state index contributed by atoms with van der Waals surface area (Å²) in [6.07, 6.45) is 1.31. The minimum absolute atomic E-state index is 0.211. The normalized spacial score (nSPS) is 13.3. The third kappa shape index (κ3) is 7.54. The third-order valence-electron chi connectivity index (χ3n) is 1.66. The summed E-state index contributed by atoms with van der Waals surface area (Å²) in [6, 6.07) is 0.421. The Morgan fingerprint density at radius 3 is 2.42 bits per heavy atom. The summed E-state index contributed by atoms with van der Waals surface area (Å²) < 4.78 is 0. The van der Waals surface area contributed by atoms with Crippen LogP contribution in [0.15, 0.2) is 0 Å². The van der Waals surface area contributed by atoms with Crippen molar-refractivity contribution >= 4 is 5.97 Å². The van der Waals surface area contributed by atoms with Crippen molar-refractivity contribution in [2.24, 2.45) is 5.92 Å². The molecule has 0 saturated carbocycles. The minimum atomic E-state index is -0.737. The van der Waals surface area contributed by atoms with E-state index in [9.17, 15) is 4.79 Å². The average Bonchev–Trinajstić information content (AvgIpc) is 1.84. The van der Waals surface area contributed by atoms with Crippen molar-refractivity contribution in [2.45, 2.75) is 39.7 Å². The van der Waals surface area contributed by atoms with Crippen LogP contribution in [0.4, 0.5) is 0 Å². The van der Waals surface area contributed by atoms with Gasteiger partial charge in [0.2, 0.25) is 0 Å². The molecule has 0 fully saturated rings. The first-order valence-corrected chi connectivity index (χ1v) is 4.47. The van der Waals surface area contributed by atoms with Crippen LogP contribution in [0.5, 0.6) is 0 Å². The first kappa shape index (κ1) is 11.4. The van der Waals surface area contributed by atoms with Gasteiger partial charge in [0.15, 0.2) is 0 Å². The maximum Gasteiger partial charge on any atom is 0.304 e. The molecule has 3 nitrogen and oxygen atoms in total. The van der Waals surface area contributed by atoms with Crippen molar-refractivity contribution in [3.63, 3.8) is 0 Å². The molecule has 0 saturated heterocycles. The molecule has 0 heterocycles. The highest BCUT2D eigenvalue weighted by molar-refractivity contribution is 5.66. The fraction of sp³-hybridized carbons (Fsp3) is 0.889. The van der Waals surface area contributed by atoms with Crippen LogP contribution < -0.4 is 5.32 Å². The van der Waals surface area contributed by atoms with Gasteiger partial charge in [0, 0.05) is 12.6 Å². The standard InChI is InChI=1S/C9H19NO2/c1-7(2)6-8(3)10-5-4-9(11)12/h7-8,10H,4-6H2,1-3H3,(H,11,12). The van der Waals surface area contributed by atoms with Crippen molar-refractivity contribution in [1.29, 1.82) is 0 Å². The topological polar surface area (TPSA) is 49.3 Å². The van der Waals surface area contributed by atoms with Crippen LogP contribution in [0.3, 0.4) is 0 Å². The number of carboxylic acids is 1. The van der Waals surface area contributed by atoms with Crippen LogP contribution in [0.2, 0.25) is 0 Å². The van der Waals surface area contributed by atoms with Gasteiger partial charge in [-0.05, 0) is 19.3 Å². The molecule has 0 radical (unpaired) electrons. The molecule has 0 aliphatic carbocycles. The molecule has 1 unspecified atom stereocenters. The highest BCUT2D eigenvalue weighted by atomic mass is 16.4. The van der Waals surface area contributed by atoms with Crippen LogP contribution >= 0.6 is 0 Å². The third-order valence-corrected chi connectivity index (χ3v) is 1.66. The van der Waals surface area contributed by atoms with Crippen LogP contribution in [-0.2, 0) is 4.79 Å². The zero-order valence-electron chi connectivity index (χ0n) is 8.13. The Kier molecular flexibility index (Phi) is 5.72. The van der Waals surface area contributed by atoms with E-state index in [2.05, 4.69) is 26.1 Å². The molecule has 0 aliphatic heterocycles. The Balaban J connectivity index is 3.31. The Morgan fingerprint density at radius 1 is 1.42 bits per heavy atom. The Labute approximate surface area is 74.2 Å². The number of rotatable bonds is 6. The first-order chi connectivity index (χ1) is 5.52. The number of hydrogen-bond acceptors (Lipinski definition) is 2. The Hall–Kier alpha value is -0.570. The van der Waals surface area contributed by atoms with Gasteiger partial charge in [-0.25, -0.2) is 0 Å². The number of hydrogen-bond donors (Lipinski definition) is 2. The Morgan fingerprint density at radius 2 is 2.00 bits per heavy atom. The predicted octanol–water partition coefficient (Wildman–Crippen LogP) is 1.49. The number of aliphatic carboxylic acids is 1. The molecule has 0 aromatic rings.